The van der Waals surface area contributed by atoms with Crippen LogP contribution in [0.4, 0.5) is 5.69 Å². The van der Waals surface area contributed by atoms with Crippen molar-refractivity contribution in [2.24, 2.45) is 5.92 Å². The normalized spacial score (nSPS) is 17.1. The van der Waals surface area contributed by atoms with Gasteiger partial charge < -0.3 is 5.32 Å². The summed E-state index contributed by atoms with van der Waals surface area (Å²) in [7, 11) is -3.83. The minimum Gasteiger partial charge on any atom is -0.325 e. The van der Waals surface area contributed by atoms with Gasteiger partial charge in [0.25, 0.3) is 0 Å². The van der Waals surface area contributed by atoms with Gasteiger partial charge in [0.05, 0.1) is 10.0 Å². The zero-order chi connectivity index (χ0) is 22.5. The van der Waals surface area contributed by atoms with Gasteiger partial charge in [0.15, 0.2) is 0 Å². The fraction of sp³-hybridized carbons (Fsp3) is 0.292. The molecule has 8 heteroatoms. The van der Waals surface area contributed by atoms with Crippen molar-refractivity contribution in [2.75, 3.05) is 18.4 Å². The van der Waals surface area contributed by atoms with E-state index < -0.39 is 10.0 Å². The van der Waals surface area contributed by atoms with Crippen molar-refractivity contribution < 1.29 is 13.2 Å². The molecule has 3 aromatic rings. The summed E-state index contributed by atoms with van der Waals surface area (Å²) in [6, 6.07) is 14.9. The van der Waals surface area contributed by atoms with Gasteiger partial charge in [0, 0.05) is 30.1 Å². The van der Waals surface area contributed by atoms with E-state index in [1.165, 1.54) is 33.0 Å². The Bertz CT molecular complexity index is 1300. The van der Waals surface area contributed by atoms with Crippen LogP contribution in [0.25, 0.3) is 10.8 Å². The molecular formula is C24H22Cl2N2O3S. The molecule has 166 valence electrons. The van der Waals surface area contributed by atoms with Crippen LogP contribution in [0, 0.1) is 5.92 Å². The Balaban J connectivity index is 1.30. The van der Waals surface area contributed by atoms with Gasteiger partial charge in [0.2, 0.25) is 15.9 Å². The van der Waals surface area contributed by atoms with E-state index in [-0.39, 0.29) is 39.9 Å². The molecule has 1 saturated heterocycles. The SMILES string of the molecule is O=C(Nc1ccc2c3c(cccc13)CC2)C1CCN(S(=O)(=O)c2c(Cl)cccc2Cl)CC1. The third kappa shape index (κ3) is 3.69. The topological polar surface area (TPSA) is 66.5 Å². The number of piperidine rings is 1. The fourth-order valence-corrected chi connectivity index (χ4v) is 7.37. The molecule has 0 saturated carbocycles. The van der Waals surface area contributed by atoms with E-state index in [1.54, 1.807) is 6.07 Å². The number of sulfonamides is 1. The summed E-state index contributed by atoms with van der Waals surface area (Å²) in [6.07, 6.45) is 2.95. The highest BCUT2D eigenvalue weighted by Crippen LogP contribution is 2.36. The van der Waals surface area contributed by atoms with Crippen molar-refractivity contribution in [1.82, 2.24) is 4.31 Å². The van der Waals surface area contributed by atoms with Crippen LogP contribution in [0.3, 0.4) is 0 Å². The van der Waals surface area contributed by atoms with Crippen molar-refractivity contribution >= 4 is 55.6 Å². The molecule has 0 spiro atoms. The first-order chi connectivity index (χ1) is 15.4. The number of nitrogens with zero attached hydrogens (tertiary/aromatic N) is 1. The number of rotatable bonds is 4. The highest BCUT2D eigenvalue weighted by Gasteiger charge is 2.34. The minimum absolute atomic E-state index is 0.0703. The lowest BCUT2D eigenvalue weighted by Crippen LogP contribution is -2.41. The fourth-order valence-electron chi connectivity index (χ4n) is 4.81. The predicted molar refractivity (Wildman–Crippen MR) is 128 cm³/mol. The van der Waals surface area contributed by atoms with Crippen LogP contribution in [-0.2, 0) is 27.7 Å². The Labute approximate surface area is 197 Å². The summed E-state index contributed by atoms with van der Waals surface area (Å²) in [5.74, 6) is -0.331. The molecule has 1 aliphatic heterocycles. The second-order valence-corrected chi connectivity index (χ2v) is 11.0. The van der Waals surface area contributed by atoms with Gasteiger partial charge in [-0.25, -0.2) is 8.42 Å². The number of aryl methyl sites for hydroxylation is 2. The lowest BCUT2D eigenvalue weighted by Gasteiger charge is -2.31. The summed E-state index contributed by atoms with van der Waals surface area (Å²) in [6.45, 7) is 0.484. The van der Waals surface area contributed by atoms with E-state index in [2.05, 4.69) is 17.4 Å². The molecule has 5 rings (SSSR count). The monoisotopic (exact) mass is 488 g/mol. The molecule has 0 unspecified atom stereocenters. The number of hydrogen-bond acceptors (Lipinski definition) is 3. The number of carbonyl (C=O) groups excluding carboxylic acids is 1. The van der Waals surface area contributed by atoms with Crippen molar-refractivity contribution in [3.63, 3.8) is 0 Å². The Morgan fingerprint density at radius 3 is 2.22 bits per heavy atom. The van der Waals surface area contributed by atoms with Crippen LogP contribution < -0.4 is 5.32 Å². The maximum absolute atomic E-state index is 13.1. The Morgan fingerprint density at radius 2 is 1.53 bits per heavy atom. The van der Waals surface area contributed by atoms with Crippen LogP contribution >= 0.6 is 23.2 Å². The number of benzene rings is 3. The van der Waals surface area contributed by atoms with Crippen LogP contribution in [0.1, 0.15) is 24.0 Å². The molecule has 0 aromatic heterocycles. The molecule has 1 heterocycles. The largest absolute Gasteiger partial charge is 0.325 e. The smallest absolute Gasteiger partial charge is 0.246 e. The zero-order valence-electron chi connectivity index (χ0n) is 17.3. The van der Waals surface area contributed by atoms with E-state index in [4.69, 9.17) is 23.2 Å². The Kier molecular flexibility index (Phi) is 5.66. The standard InChI is InChI=1S/C24H22Cl2N2O3S/c25-19-5-2-6-20(26)23(19)32(30,31)28-13-11-17(12-14-28)24(29)27-21-10-9-16-8-7-15-3-1-4-18(21)22(15)16/h1-6,9-10,17H,7-8,11-14H2,(H,27,29). The molecule has 3 aromatic carbocycles. The molecule has 32 heavy (non-hydrogen) atoms. The third-order valence-electron chi connectivity index (χ3n) is 6.48. The minimum atomic E-state index is -3.83. The molecule has 1 N–H and O–H groups in total. The number of carbonyl (C=O) groups is 1. The molecule has 1 aliphatic carbocycles. The molecule has 0 atom stereocenters. The van der Waals surface area contributed by atoms with Gasteiger partial charge in [-0.1, -0.05) is 53.5 Å². The molecule has 5 nitrogen and oxygen atoms in total. The summed E-state index contributed by atoms with van der Waals surface area (Å²) in [5, 5.41) is 5.62. The van der Waals surface area contributed by atoms with Gasteiger partial charge >= 0.3 is 0 Å². The zero-order valence-corrected chi connectivity index (χ0v) is 19.6. The number of anilines is 1. The van der Waals surface area contributed by atoms with Crippen molar-refractivity contribution in [3.05, 3.63) is 69.7 Å². The first kappa shape index (κ1) is 21.7. The molecular weight excluding hydrogens is 467 g/mol. The van der Waals surface area contributed by atoms with E-state index in [0.29, 0.717) is 12.8 Å². The van der Waals surface area contributed by atoms with E-state index in [1.807, 2.05) is 18.2 Å². The van der Waals surface area contributed by atoms with Crippen LogP contribution in [-0.4, -0.2) is 31.7 Å². The molecule has 2 aliphatic rings. The highest BCUT2D eigenvalue weighted by atomic mass is 35.5. The maximum atomic E-state index is 13.1. The lowest BCUT2D eigenvalue weighted by atomic mass is 9.96. The Morgan fingerprint density at radius 1 is 0.906 bits per heavy atom. The quantitative estimate of drug-likeness (QED) is 0.542. The van der Waals surface area contributed by atoms with Gasteiger partial charge in [-0.3, -0.25) is 4.79 Å². The molecule has 0 bridgehead atoms. The van der Waals surface area contributed by atoms with Crippen LogP contribution in [0.15, 0.2) is 53.4 Å². The van der Waals surface area contributed by atoms with E-state index in [0.717, 1.165) is 23.9 Å². The summed E-state index contributed by atoms with van der Waals surface area (Å²) in [5.41, 5.74) is 3.46. The van der Waals surface area contributed by atoms with Crippen molar-refractivity contribution in [1.29, 1.82) is 0 Å². The summed E-state index contributed by atoms with van der Waals surface area (Å²) >= 11 is 12.2. The molecule has 1 amide bonds. The van der Waals surface area contributed by atoms with E-state index in [9.17, 15) is 13.2 Å². The molecule has 1 fully saturated rings. The second-order valence-electron chi connectivity index (χ2n) is 8.33. The van der Waals surface area contributed by atoms with Gasteiger partial charge in [-0.2, -0.15) is 4.31 Å². The maximum Gasteiger partial charge on any atom is 0.246 e. The highest BCUT2D eigenvalue weighted by molar-refractivity contribution is 7.89. The average Bonchev–Trinajstić information content (AvgIpc) is 3.20. The number of amides is 1. The lowest BCUT2D eigenvalue weighted by molar-refractivity contribution is -0.120. The predicted octanol–water partition coefficient (Wildman–Crippen LogP) is 5.28. The number of halogens is 2. The van der Waals surface area contributed by atoms with Gasteiger partial charge in [-0.05, 0) is 60.4 Å². The first-order valence-corrected chi connectivity index (χ1v) is 12.8. The van der Waals surface area contributed by atoms with E-state index >= 15 is 0 Å². The summed E-state index contributed by atoms with van der Waals surface area (Å²) in [4.78, 5) is 12.9. The Hall–Kier alpha value is -2.12. The number of nitrogens with one attached hydrogen (secondary N) is 1. The van der Waals surface area contributed by atoms with Crippen molar-refractivity contribution in [3.8, 4) is 0 Å². The first-order valence-electron chi connectivity index (χ1n) is 10.6. The van der Waals surface area contributed by atoms with Crippen molar-refractivity contribution in [2.45, 2.75) is 30.6 Å². The van der Waals surface area contributed by atoms with Crippen LogP contribution in [0.5, 0.6) is 0 Å². The average molecular weight is 489 g/mol. The second kappa shape index (κ2) is 8.34. The number of hydrogen-bond donors (Lipinski definition) is 1. The summed E-state index contributed by atoms with van der Waals surface area (Å²) < 4.78 is 27.5. The molecule has 0 radical (unpaired) electrons. The van der Waals surface area contributed by atoms with Gasteiger partial charge in [0.1, 0.15) is 4.90 Å². The van der Waals surface area contributed by atoms with Crippen LogP contribution in [0.2, 0.25) is 10.0 Å². The third-order valence-corrected chi connectivity index (χ3v) is 9.33. The van der Waals surface area contributed by atoms with Gasteiger partial charge in [-0.15, -0.1) is 0 Å².